The summed E-state index contributed by atoms with van der Waals surface area (Å²) in [5.41, 5.74) is 1.50. The van der Waals surface area contributed by atoms with Gasteiger partial charge in [0.1, 0.15) is 17.8 Å². The number of carbonyl (C=O) groups excluding carboxylic acids is 1. The summed E-state index contributed by atoms with van der Waals surface area (Å²) < 4.78 is 15.9. The molecule has 1 fully saturated rings. The Labute approximate surface area is 158 Å². The highest BCUT2D eigenvalue weighted by molar-refractivity contribution is 5.92. The lowest BCUT2D eigenvalue weighted by Gasteiger charge is -2.26. The third-order valence-corrected chi connectivity index (χ3v) is 4.35. The van der Waals surface area contributed by atoms with E-state index in [9.17, 15) is 4.79 Å². The van der Waals surface area contributed by atoms with Crippen LogP contribution in [-0.2, 0) is 11.2 Å². The van der Waals surface area contributed by atoms with Crippen molar-refractivity contribution in [2.45, 2.75) is 6.42 Å². The number of ether oxygens (including phenoxy) is 3. The van der Waals surface area contributed by atoms with Gasteiger partial charge in [-0.2, -0.15) is 0 Å². The molecule has 8 heteroatoms. The smallest absolute Gasteiger partial charge is 0.272 e. The molecular weight excluding hydrogens is 348 g/mol. The molecule has 1 saturated heterocycles. The van der Waals surface area contributed by atoms with Gasteiger partial charge in [-0.25, -0.2) is 9.97 Å². The highest BCUT2D eigenvalue weighted by atomic mass is 16.5. The predicted molar refractivity (Wildman–Crippen MR) is 100 cm³/mol. The summed E-state index contributed by atoms with van der Waals surface area (Å²) >= 11 is 0. The van der Waals surface area contributed by atoms with E-state index in [1.807, 2.05) is 18.2 Å². The molecule has 27 heavy (non-hydrogen) atoms. The number of amides is 1. The molecule has 144 valence electrons. The van der Waals surface area contributed by atoms with E-state index in [0.717, 1.165) is 12.0 Å². The lowest BCUT2D eigenvalue weighted by atomic mass is 10.1. The maximum atomic E-state index is 12.5. The first-order valence-electron chi connectivity index (χ1n) is 8.85. The van der Waals surface area contributed by atoms with Gasteiger partial charge in [0.05, 0.1) is 27.4 Å². The molecule has 3 rings (SSSR count). The number of hydrogen-bond acceptors (Lipinski definition) is 7. The quantitative estimate of drug-likeness (QED) is 0.790. The molecule has 0 unspecified atom stereocenters. The van der Waals surface area contributed by atoms with Crippen LogP contribution < -0.4 is 14.8 Å². The maximum absolute atomic E-state index is 12.5. The van der Waals surface area contributed by atoms with Gasteiger partial charge in [0.15, 0.2) is 11.5 Å². The van der Waals surface area contributed by atoms with Gasteiger partial charge in [-0.3, -0.25) is 4.79 Å². The summed E-state index contributed by atoms with van der Waals surface area (Å²) in [5.74, 6) is 1.94. The van der Waals surface area contributed by atoms with Crippen LogP contribution in [0.2, 0.25) is 0 Å². The van der Waals surface area contributed by atoms with Crippen molar-refractivity contribution in [3.63, 3.8) is 0 Å². The molecular formula is C19H24N4O4. The third kappa shape index (κ3) is 4.85. The van der Waals surface area contributed by atoms with Gasteiger partial charge in [-0.1, -0.05) is 6.07 Å². The minimum Gasteiger partial charge on any atom is -0.493 e. The molecule has 2 aromatic rings. The Balaban J connectivity index is 1.58. The van der Waals surface area contributed by atoms with Crippen molar-refractivity contribution in [3.05, 3.63) is 41.9 Å². The Morgan fingerprint density at radius 1 is 1.15 bits per heavy atom. The summed E-state index contributed by atoms with van der Waals surface area (Å²) in [6.45, 7) is 2.97. The SMILES string of the molecule is COc1ccc(CCNc2cc(C(=O)N3CCOCC3)ncn2)cc1OC. The van der Waals surface area contributed by atoms with Crippen molar-refractivity contribution < 1.29 is 19.0 Å². The van der Waals surface area contributed by atoms with E-state index in [2.05, 4.69) is 15.3 Å². The Bertz CT molecular complexity index is 778. The highest BCUT2D eigenvalue weighted by Crippen LogP contribution is 2.27. The minimum absolute atomic E-state index is 0.0939. The molecule has 0 spiro atoms. The first-order chi connectivity index (χ1) is 13.2. The fourth-order valence-electron chi connectivity index (χ4n) is 2.87. The molecule has 0 aliphatic carbocycles. The molecule has 0 radical (unpaired) electrons. The fourth-order valence-corrected chi connectivity index (χ4v) is 2.87. The predicted octanol–water partition coefficient (Wildman–Crippen LogP) is 1.62. The van der Waals surface area contributed by atoms with Gasteiger partial charge in [0, 0.05) is 25.7 Å². The normalized spacial score (nSPS) is 13.9. The molecule has 0 bridgehead atoms. The van der Waals surface area contributed by atoms with Crippen LogP contribution in [0.4, 0.5) is 5.82 Å². The highest BCUT2D eigenvalue weighted by Gasteiger charge is 2.20. The van der Waals surface area contributed by atoms with Crippen LogP contribution in [0.25, 0.3) is 0 Å². The van der Waals surface area contributed by atoms with E-state index in [1.54, 1.807) is 25.2 Å². The largest absolute Gasteiger partial charge is 0.493 e. The number of benzene rings is 1. The Morgan fingerprint density at radius 2 is 1.93 bits per heavy atom. The molecule has 0 atom stereocenters. The summed E-state index contributed by atoms with van der Waals surface area (Å²) in [5, 5.41) is 3.24. The number of nitrogens with zero attached hydrogens (tertiary/aromatic N) is 3. The van der Waals surface area contributed by atoms with Gasteiger partial charge in [-0.15, -0.1) is 0 Å². The van der Waals surface area contributed by atoms with Gasteiger partial charge in [0.2, 0.25) is 0 Å². The second-order valence-electron chi connectivity index (χ2n) is 6.06. The summed E-state index contributed by atoms with van der Waals surface area (Å²) in [4.78, 5) is 22.6. The summed E-state index contributed by atoms with van der Waals surface area (Å²) in [7, 11) is 3.23. The van der Waals surface area contributed by atoms with E-state index >= 15 is 0 Å². The van der Waals surface area contributed by atoms with Crippen LogP contribution >= 0.6 is 0 Å². The van der Waals surface area contributed by atoms with Crippen LogP contribution in [0, 0.1) is 0 Å². The van der Waals surface area contributed by atoms with Gasteiger partial charge in [-0.05, 0) is 24.1 Å². The molecule has 1 N–H and O–H groups in total. The molecule has 1 aromatic heterocycles. The zero-order chi connectivity index (χ0) is 19.1. The summed E-state index contributed by atoms with van der Waals surface area (Å²) in [6, 6.07) is 7.52. The maximum Gasteiger partial charge on any atom is 0.272 e. The zero-order valence-corrected chi connectivity index (χ0v) is 15.6. The third-order valence-electron chi connectivity index (χ3n) is 4.35. The van der Waals surface area contributed by atoms with Gasteiger partial charge >= 0.3 is 0 Å². The van der Waals surface area contributed by atoms with E-state index in [0.29, 0.717) is 55.9 Å². The van der Waals surface area contributed by atoms with E-state index in [-0.39, 0.29) is 5.91 Å². The van der Waals surface area contributed by atoms with Crippen molar-refractivity contribution in [1.82, 2.24) is 14.9 Å². The van der Waals surface area contributed by atoms with Crippen LogP contribution in [0.15, 0.2) is 30.6 Å². The lowest BCUT2D eigenvalue weighted by Crippen LogP contribution is -2.41. The first-order valence-corrected chi connectivity index (χ1v) is 8.85. The standard InChI is InChI=1S/C19H24N4O4/c1-25-16-4-3-14(11-17(16)26-2)5-6-20-18-12-15(21-13-22-18)19(24)23-7-9-27-10-8-23/h3-4,11-13H,5-10H2,1-2H3,(H,20,21,22). The van der Waals surface area contributed by atoms with Crippen LogP contribution in [0.3, 0.4) is 0 Å². The van der Waals surface area contributed by atoms with Gasteiger partial charge < -0.3 is 24.4 Å². The summed E-state index contributed by atoms with van der Waals surface area (Å²) in [6.07, 6.45) is 2.18. The number of aromatic nitrogens is 2. The number of hydrogen-bond donors (Lipinski definition) is 1. The topological polar surface area (TPSA) is 85.8 Å². The number of nitrogens with one attached hydrogen (secondary N) is 1. The van der Waals surface area contributed by atoms with Crippen molar-refractivity contribution in [2.24, 2.45) is 0 Å². The Hall–Kier alpha value is -2.87. The van der Waals surface area contributed by atoms with Gasteiger partial charge in [0.25, 0.3) is 5.91 Å². The van der Waals surface area contributed by atoms with E-state index in [1.165, 1.54) is 6.33 Å². The molecule has 1 aliphatic rings. The van der Waals surface area contributed by atoms with E-state index in [4.69, 9.17) is 14.2 Å². The van der Waals surface area contributed by atoms with Crippen LogP contribution in [0.1, 0.15) is 16.1 Å². The second-order valence-corrected chi connectivity index (χ2v) is 6.06. The number of methoxy groups -OCH3 is 2. The number of carbonyl (C=O) groups is 1. The van der Waals surface area contributed by atoms with Crippen LogP contribution in [-0.4, -0.2) is 67.8 Å². The number of anilines is 1. The Morgan fingerprint density at radius 3 is 2.67 bits per heavy atom. The fraction of sp³-hybridized carbons (Fsp3) is 0.421. The van der Waals surface area contributed by atoms with Crippen molar-refractivity contribution >= 4 is 11.7 Å². The monoisotopic (exact) mass is 372 g/mol. The number of rotatable bonds is 7. The molecule has 8 nitrogen and oxygen atoms in total. The molecule has 2 heterocycles. The van der Waals surface area contributed by atoms with Crippen molar-refractivity contribution in [3.8, 4) is 11.5 Å². The van der Waals surface area contributed by atoms with Crippen molar-refractivity contribution in [2.75, 3.05) is 52.4 Å². The zero-order valence-electron chi connectivity index (χ0n) is 15.6. The van der Waals surface area contributed by atoms with Crippen molar-refractivity contribution in [1.29, 1.82) is 0 Å². The second kappa shape index (κ2) is 9.18. The molecule has 1 aliphatic heterocycles. The lowest BCUT2D eigenvalue weighted by molar-refractivity contribution is 0.0299. The first kappa shape index (κ1) is 18.9. The van der Waals surface area contributed by atoms with E-state index < -0.39 is 0 Å². The molecule has 0 saturated carbocycles. The average molecular weight is 372 g/mol. The minimum atomic E-state index is -0.0939. The Kier molecular flexibility index (Phi) is 6.43. The van der Waals surface area contributed by atoms with Crippen LogP contribution in [0.5, 0.6) is 11.5 Å². The average Bonchev–Trinajstić information content (AvgIpc) is 2.74. The number of morpholine rings is 1. The molecule has 1 amide bonds. The molecule has 1 aromatic carbocycles.